The van der Waals surface area contributed by atoms with E-state index in [1.54, 1.807) is 0 Å². The molecule has 1 aliphatic carbocycles. The van der Waals surface area contributed by atoms with Crippen molar-refractivity contribution in [3.63, 3.8) is 0 Å². The van der Waals surface area contributed by atoms with E-state index in [1.807, 2.05) is 0 Å². The standard InChI is InChI=1S/C51H72N4O6.ClH/c1-50(2)42-25-16-18-27-44(42)54(5)46(50)29-13-9-14-30-47-51(3,4)43-26-17-19-28-45(43)55(47)34-20-10-15-31-48(56)52-32-21-35-58-37-39-60-40-38-59-36-22-33-53-49(57)61-41-23-11-7-6-8-12-24-41;/h6-7,9,13-14,16-19,25-30,41H,8,10-12,15,20-24,31-40H2,1-5H3,(H-,52,53,56,57);1H/b7-6+;. The topological polar surface area (TPSA) is 101 Å². The Hall–Kier alpha value is -4.22. The highest BCUT2D eigenvalue weighted by Crippen LogP contribution is 2.47. The highest BCUT2D eigenvalue weighted by atomic mass is 35.5. The molecule has 2 heterocycles. The van der Waals surface area contributed by atoms with Gasteiger partial charge < -0.3 is 46.9 Å². The zero-order valence-corrected chi connectivity index (χ0v) is 38.9. The SMILES string of the molecule is C[N+]1=C(C=CC=CC=C2N(CCCCCC(=O)NCCCOCCOCCOCCCNC(=O)OC3CC/C=C/CCC3)c3ccccc3C2(C)C)C(C)(C)c2ccccc21.[Cl-]. The fraction of sp³-hybridized carbons (Fsp3) is 0.549. The van der Waals surface area contributed by atoms with Crippen molar-refractivity contribution >= 4 is 29.1 Å². The number of halogens is 1. The number of carbonyl (C=O) groups is 2. The van der Waals surface area contributed by atoms with E-state index in [2.05, 4.69) is 146 Å². The fourth-order valence-corrected chi connectivity index (χ4v) is 8.61. The highest BCUT2D eigenvalue weighted by molar-refractivity contribution is 6.03. The number of rotatable bonds is 24. The summed E-state index contributed by atoms with van der Waals surface area (Å²) in [7, 11) is 2.15. The van der Waals surface area contributed by atoms with Crippen molar-refractivity contribution in [3.05, 3.63) is 108 Å². The second-order valence-electron chi connectivity index (χ2n) is 17.3. The molecule has 2 aliphatic heterocycles. The quantitative estimate of drug-likeness (QED) is 0.0530. The molecule has 1 unspecified atom stereocenters. The fourth-order valence-electron chi connectivity index (χ4n) is 8.61. The number of alkyl carbamates (subject to hydrolysis) is 1. The molecule has 3 aliphatic rings. The first-order valence-electron chi connectivity index (χ1n) is 22.8. The van der Waals surface area contributed by atoms with Gasteiger partial charge in [-0.05, 0) is 89.3 Å². The maximum Gasteiger partial charge on any atom is 0.407 e. The van der Waals surface area contributed by atoms with E-state index in [0.717, 1.165) is 70.8 Å². The average Bonchev–Trinajstić information content (AvgIpc) is 3.57. The first-order valence-corrected chi connectivity index (χ1v) is 22.8. The minimum Gasteiger partial charge on any atom is -1.00 e. The number of allylic oxidation sites excluding steroid dienone is 8. The molecule has 2 N–H and O–H groups in total. The van der Waals surface area contributed by atoms with Crippen molar-refractivity contribution in [2.45, 2.75) is 115 Å². The van der Waals surface area contributed by atoms with Crippen LogP contribution in [0.3, 0.4) is 0 Å². The second-order valence-corrected chi connectivity index (χ2v) is 17.3. The lowest BCUT2D eigenvalue weighted by Crippen LogP contribution is -3.00. The van der Waals surface area contributed by atoms with Gasteiger partial charge in [-0.1, -0.05) is 87.0 Å². The Morgan fingerprint density at radius 1 is 0.742 bits per heavy atom. The molecule has 0 radical (unpaired) electrons. The van der Waals surface area contributed by atoms with Crippen LogP contribution in [0, 0.1) is 0 Å². The zero-order chi connectivity index (χ0) is 43.3. The summed E-state index contributed by atoms with van der Waals surface area (Å²) in [5.74, 6) is 0.0997. The maximum absolute atomic E-state index is 12.5. The summed E-state index contributed by atoms with van der Waals surface area (Å²) in [6.07, 6.45) is 24.8. The van der Waals surface area contributed by atoms with E-state index in [-0.39, 0.29) is 41.3 Å². The summed E-state index contributed by atoms with van der Waals surface area (Å²) in [4.78, 5) is 27.0. The van der Waals surface area contributed by atoms with Gasteiger partial charge in [0.1, 0.15) is 13.2 Å². The first kappa shape index (κ1) is 50.4. The molecule has 10 nitrogen and oxygen atoms in total. The van der Waals surface area contributed by atoms with Crippen LogP contribution in [0.5, 0.6) is 0 Å². The van der Waals surface area contributed by atoms with Gasteiger partial charge >= 0.3 is 6.09 Å². The van der Waals surface area contributed by atoms with Crippen molar-refractivity contribution in [1.29, 1.82) is 0 Å². The van der Waals surface area contributed by atoms with Crippen LogP contribution in [0.25, 0.3) is 0 Å². The van der Waals surface area contributed by atoms with Crippen LogP contribution in [-0.2, 0) is 34.6 Å². The molecule has 0 fully saturated rings. The lowest BCUT2D eigenvalue weighted by molar-refractivity contribution is -0.401. The van der Waals surface area contributed by atoms with Crippen molar-refractivity contribution in [2.75, 3.05) is 71.2 Å². The summed E-state index contributed by atoms with van der Waals surface area (Å²) in [6, 6.07) is 17.4. The number of nitrogens with zero attached hydrogens (tertiary/aromatic N) is 2. The molecule has 2 amide bonds. The van der Waals surface area contributed by atoms with Gasteiger partial charge in [0.15, 0.2) is 5.71 Å². The Kier molecular flexibility index (Phi) is 21.5. The van der Waals surface area contributed by atoms with E-state index < -0.39 is 0 Å². The lowest BCUT2D eigenvalue weighted by atomic mass is 9.81. The summed E-state index contributed by atoms with van der Waals surface area (Å²) in [5, 5.41) is 5.86. The molecule has 0 bridgehead atoms. The molecule has 5 rings (SSSR count). The van der Waals surface area contributed by atoms with E-state index in [4.69, 9.17) is 18.9 Å². The Morgan fingerprint density at radius 2 is 1.40 bits per heavy atom. The van der Waals surface area contributed by atoms with E-state index in [9.17, 15) is 9.59 Å². The number of nitrogens with one attached hydrogen (secondary N) is 2. The van der Waals surface area contributed by atoms with Gasteiger partial charge in [-0.2, -0.15) is 4.58 Å². The molecule has 62 heavy (non-hydrogen) atoms. The number of ether oxygens (including phenoxy) is 4. The number of para-hydroxylation sites is 2. The summed E-state index contributed by atoms with van der Waals surface area (Å²) >= 11 is 0. The first-order chi connectivity index (χ1) is 29.6. The number of fused-ring (bicyclic) bond motifs is 2. The van der Waals surface area contributed by atoms with Gasteiger partial charge in [-0.25, -0.2) is 4.79 Å². The Bertz CT molecular complexity index is 1870. The normalized spacial score (nSPS) is 19.0. The van der Waals surface area contributed by atoms with Gasteiger partial charge in [0, 0.05) is 73.8 Å². The predicted molar refractivity (Wildman–Crippen MR) is 247 cm³/mol. The number of amides is 2. The highest BCUT2D eigenvalue weighted by Gasteiger charge is 2.42. The number of carbonyl (C=O) groups excluding carboxylic acids is 2. The number of unbranched alkanes of at least 4 members (excludes halogenated alkanes) is 2. The lowest BCUT2D eigenvalue weighted by Gasteiger charge is -2.27. The van der Waals surface area contributed by atoms with Crippen LogP contribution in [-0.4, -0.2) is 94.7 Å². The van der Waals surface area contributed by atoms with E-state index in [1.165, 1.54) is 33.9 Å². The van der Waals surface area contributed by atoms with Gasteiger partial charge in [0.05, 0.1) is 31.8 Å². The summed E-state index contributed by atoms with van der Waals surface area (Å²) in [6.45, 7) is 14.4. The van der Waals surface area contributed by atoms with Gasteiger partial charge in [-0.3, -0.25) is 4.79 Å². The minimum absolute atomic E-state index is 0. The zero-order valence-electron chi connectivity index (χ0n) is 38.1. The summed E-state index contributed by atoms with van der Waals surface area (Å²) in [5.41, 5.74) is 7.70. The van der Waals surface area contributed by atoms with Crippen LogP contribution < -0.4 is 27.9 Å². The average molecular weight is 874 g/mol. The van der Waals surface area contributed by atoms with Gasteiger partial charge in [0.25, 0.3) is 0 Å². The molecule has 1 atom stereocenters. The second kappa shape index (κ2) is 26.4. The van der Waals surface area contributed by atoms with Crippen LogP contribution in [0.1, 0.15) is 109 Å². The third-order valence-corrected chi connectivity index (χ3v) is 12.0. The Morgan fingerprint density at radius 3 is 2.15 bits per heavy atom. The molecule has 340 valence electrons. The molecule has 0 saturated heterocycles. The molecule has 2 aromatic carbocycles. The molecular formula is C51H73ClN4O6. The molecule has 0 spiro atoms. The van der Waals surface area contributed by atoms with Crippen molar-refractivity contribution in [2.24, 2.45) is 0 Å². The van der Waals surface area contributed by atoms with Gasteiger partial charge in [0.2, 0.25) is 11.6 Å². The third kappa shape index (κ3) is 15.0. The van der Waals surface area contributed by atoms with Gasteiger partial charge in [-0.15, -0.1) is 0 Å². The van der Waals surface area contributed by atoms with Crippen LogP contribution in [0.2, 0.25) is 0 Å². The van der Waals surface area contributed by atoms with Crippen molar-refractivity contribution in [3.8, 4) is 0 Å². The van der Waals surface area contributed by atoms with Crippen molar-refractivity contribution < 1.29 is 45.5 Å². The number of anilines is 1. The predicted octanol–water partition coefficient (Wildman–Crippen LogP) is 6.61. The summed E-state index contributed by atoms with van der Waals surface area (Å²) < 4.78 is 24.7. The largest absolute Gasteiger partial charge is 1.00 e. The van der Waals surface area contributed by atoms with Crippen LogP contribution in [0.4, 0.5) is 16.2 Å². The molecule has 0 saturated carbocycles. The molecule has 2 aromatic rings. The maximum atomic E-state index is 12.5. The van der Waals surface area contributed by atoms with E-state index in [0.29, 0.717) is 59.2 Å². The minimum atomic E-state index is -0.338. The Balaban J connectivity index is 0.00000845. The van der Waals surface area contributed by atoms with Crippen molar-refractivity contribution in [1.82, 2.24) is 10.6 Å². The smallest absolute Gasteiger partial charge is 0.407 e. The molecular weight excluding hydrogens is 800 g/mol. The number of hydrogen-bond donors (Lipinski definition) is 2. The van der Waals surface area contributed by atoms with Crippen LogP contribution in [0.15, 0.2) is 96.8 Å². The Labute approximate surface area is 378 Å². The number of hydrogen-bond acceptors (Lipinski definition) is 7. The van der Waals surface area contributed by atoms with Crippen LogP contribution >= 0.6 is 0 Å². The third-order valence-electron chi connectivity index (χ3n) is 12.0. The monoisotopic (exact) mass is 873 g/mol. The molecule has 0 aromatic heterocycles. The van der Waals surface area contributed by atoms with E-state index >= 15 is 0 Å². The number of benzene rings is 2. The molecule has 11 heteroatoms.